The minimum atomic E-state index is -0.180. The molecule has 0 unspecified atom stereocenters. The Morgan fingerprint density at radius 2 is 1.93 bits per heavy atom. The monoisotopic (exact) mass is 193 g/mol. The van der Waals surface area contributed by atoms with Crippen LogP contribution in [-0.4, -0.2) is 12.1 Å². The summed E-state index contributed by atoms with van der Waals surface area (Å²) in [4.78, 5) is 0. The Morgan fingerprint density at radius 3 is 2.50 bits per heavy atom. The Labute approximate surface area is 86.1 Å². The molecule has 0 saturated heterocycles. The van der Waals surface area contributed by atoms with Crippen LogP contribution >= 0.6 is 0 Å². The van der Waals surface area contributed by atoms with Crippen molar-refractivity contribution in [2.24, 2.45) is 5.73 Å². The van der Waals surface area contributed by atoms with Gasteiger partial charge in [-0.25, -0.2) is 0 Å². The van der Waals surface area contributed by atoms with Crippen molar-refractivity contribution in [3.8, 4) is 5.75 Å². The topological polar surface area (TPSA) is 35.2 Å². The Hall–Kier alpha value is -1.02. The van der Waals surface area contributed by atoms with Crippen LogP contribution in [0.25, 0.3) is 0 Å². The summed E-state index contributed by atoms with van der Waals surface area (Å²) in [6.07, 6.45) is 0.862. The molecule has 1 aromatic carbocycles. The van der Waals surface area contributed by atoms with Crippen molar-refractivity contribution in [3.05, 3.63) is 29.8 Å². The molecular weight excluding hydrogens is 174 g/mol. The average molecular weight is 193 g/mol. The first-order chi connectivity index (χ1) is 6.55. The molecule has 0 atom stereocenters. The van der Waals surface area contributed by atoms with Crippen molar-refractivity contribution in [2.75, 3.05) is 6.54 Å². The summed E-state index contributed by atoms with van der Waals surface area (Å²) in [6.45, 7) is 6.82. The summed E-state index contributed by atoms with van der Waals surface area (Å²) in [5.41, 5.74) is 6.51. The van der Waals surface area contributed by atoms with Gasteiger partial charge < -0.3 is 10.5 Å². The number of para-hydroxylation sites is 1. The predicted octanol–water partition coefficient (Wildman–Crippen LogP) is 2.50. The Bertz CT molecular complexity index is 294. The smallest absolute Gasteiger partial charge is 0.123 e. The molecule has 2 nitrogen and oxygen atoms in total. The molecule has 0 fully saturated rings. The molecule has 0 bridgehead atoms. The minimum Gasteiger partial charge on any atom is -0.488 e. The largest absolute Gasteiger partial charge is 0.488 e. The Balaban J connectivity index is 2.73. The van der Waals surface area contributed by atoms with E-state index >= 15 is 0 Å². The molecule has 78 valence electrons. The first-order valence-corrected chi connectivity index (χ1v) is 5.00. The van der Waals surface area contributed by atoms with E-state index in [1.165, 1.54) is 0 Å². The van der Waals surface area contributed by atoms with Gasteiger partial charge in [-0.05, 0) is 45.4 Å². The third-order valence-electron chi connectivity index (χ3n) is 2.23. The molecule has 0 aliphatic rings. The molecule has 0 aliphatic carbocycles. The summed E-state index contributed by atoms with van der Waals surface area (Å²) in [5.74, 6) is 0.950. The number of ether oxygens (including phenoxy) is 1. The van der Waals surface area contributed by atoms with Gasteiger partial charge in [0.25, 0.3) is 0 Å². The maximum Gasteiger partial charge on any atom is 0.123 e. The van der Waals surface area contributed by atoms with Crippen LogP contribution in [0.1, 0.15) is 25.8 Å². The minimum absolute atomic E-state index is 0.180. The zero-order valence-electron chi connectivity index (χ0n) is 9.21. The van der Waals surface area contributed by atoms with Crippen molar-refractivity contribution in [3.63, 3.8) is 0 Å². The SMILES string of the molecule is Cc1ccccc1OC(C)(C)CCN. The first kappa shape index (κ1) is 11.1. The summed E-state index contributed by atoms with van der Waals surface area (Å²) in [7, 11) is 0. The lowest BCUT2D eigenvalue weighted by atomic mass is 10.1. The fraction of sp³-hybridized carbons (Fsp3) is 0.500. The molecule has 2 N–H and O–H groups in total. The van der Waals surface area contributed by atoms with Crippen LogP contribution in [0, 0.1) is 6.92 Å². The Morgan fingerprint density at radius 1 is 1.29 bits per heavy atom. The standard InChI is InChI=1S/C12H19NO/c1-10-6-4-5-7-11(10)14-12(2,3)8-9-13/h4-7H,8-9,13H2,1-3H3. The van der Waals surface area contributed by atoms with Crippen molar-refractivity contribution in [1.82, 2.24) is 0 Å². The molecule has 0 aromatic heterocycles. The number of hydrogen-bond donors (Lipinski definition) is 1. The summed E-state index contributed by atoms with van der Waals surface area (Å²) in [6, 6.07) is 8.04. The third kappa shape index (κ3) is 3.04. The van der Waals surface area contributed by atoms with Crippen molar-refractivity contribution < 1.29 is 4.74 Å². The second-order valence-corrected chi connectivity index (χ2v) is 4.17. The van der Waals surface area contributed by atoms with Gasteiger partial charge in [-0.2, -0.15) is 0 Å². The first-order valence-electron chi connectivity index (χ1n) is 5.00. The van der Waals surface area contributed by atoms with E-state index in [1.54, 1.807) is 0 Å². The van der Waals surface area contributed by atoms with Crippen LogP contribution < -0.4 is 10.5 Å². The number of hydrogen-bond acceptors (Lipinski definition) is 2. The summed E-state index contributed by atoms with van der Waals surface area (Å²) < 4.78 is 5.89. The van der Waals surface area contributed by atoms with E-state index in [0.29, 0.717) is 6.54 Å². The van der Waals surface area contributed by atoms with E-state index in [1.807, 2.05) is 31.2 Å². The van der Waals surface area contributed by atoms with Crippen molar-refractivity contribution >= 4 is 0 Å². The van der Waals surface area contributed by atoms with Gasteiger partial charge in [0.2, 0.25) is 0 Å². The summed E-state index contributed by atoms with van der Waals surface area (Å²) >= 11 is 0. The van der Waals surface area contributed by atoms with E-state index in [9.17, 15) is 0 Å². The molecule has 0 spiro atoms. The molecule has 14 heavy (non-hydrogen) atoms. The van der Waals surface area contributed by atoms with Gasteiger partial charge in [0, 0.05) is 0 Å². The van der Waals surface area contributed by atoms with Gasteiger partial charge in [0.15, 0.2) is 0 Å². The predicted molar refractivity (Wildman–Crippen MR) is 59.6 cm³/mol. The highest BCUT2D eigenvalue weighted by molar-refractivity contribution is 5.32. The van der Waals surface area contributed by atoms with E-state index in [0.717, 1.165) is 17.7 Å². The van der Waals surface area contributed by atoms with Gasteiger partial charge >= 0.3 is 0 Å². The highest BCUT2D eigenvalue weighted by atomic mass is 16.5. The molecule has 2 heteroatoms. The average Bonchev–Trinajstić information content (AvgIpc) is 2.08. The van der Waals surface area contributed by atoms with Gasteiger partial charge in [0.1, 0.15) is 11.4 Å². The maximum absolute atomic E-state index is 5.89. The molecule has 0 radical (unpaired) electrons. The lowest BCUT2D eigenvalue weighted by Crippen LogP contribution is -2.31. The van der Waals surface area contributed by atoms with E-state index in [2.05, 4.69) is 13.8 Å². The number of rotatable bonds is 4. The number of nitrogens with two attached hydrogens (primary N) is 1. The quantitative estimate of drug-likeness (QED) is 0.797. The zero-order valence-corrected chi connectivity index (χ0v) is 9.21. The molecule has 1 aromatic rings. The van der Waals surface area contributed by atoms with Crippen LogP contribution in [0.5, 0.6) is 5.75 Å². The molecule has 0 heterocycles. The maximum atomic E-state index is 5.89. The van der Waals surface area contributed by atoms with E-state index < -0.39 is 0 Å². The Kier molecular flexibility index (Phi) is 3.53. The highest BCUT2D eigenvalue weighted by Crippen LogP contribution is 2.23. The van der Waals surface area contributed by atoms with Crippen LogP contribution in [0.15, 0.2) is 24.3 Å². The van der Waals surface area contributed by atoms with E-state index in [4.69, 9.17) is 10.5 Å². The van der Waals surface area contributed by atoms with Gasteiger partial charge in [0.05, 0.1) is 0 Å². The molecule has 0 aliphatic heterocycles. The molecule has 0 amide bonds. The fourth-order valence-electron chi connectivity index (χ4n) is 1.37. The van der Waals surface area contributed by atoms with Crippen LogP contribution in [0.4, 0.5) is 0 Å². The second kappa shape index (κ2) is 4.47. The fourth-order valence-corrected chi connectivity index (χ4v) is 1.37. The number of aryl methyl sites for hydroxylation is 1. The van der Waals surface area contributed by atoms with Crippen molar-refractivity contribution in [1.29, 1.82) is 0 Å². The van der Waals surface area contributed by atoms with Gasteiger partial charge in [-0.3, -0.25) is 0 Å². The van der Waals surface area contributed by atoms with Gasteiger partial charge in [-0.1, -0.05) is 18.2 Å². The van der Waals surface area contributed by atoms with Crippen LogP contribution in [0.3, 0.4) is 0 Å². The zero-order chi connectivity index (χ0) is 10.6. The lowest BCUT2D eigenvalue weighted by Gasteiger charge is -2.26. The van der Waals surface area contributed by atoms with Gasteiger partial charge in [-0.15, -0.1) is 0 Å². The molecule has 0 saturated carbocycles. The molecule has 1 rings (SSSR count). The third-order valence-corrected chi connectivity index (χ3v) is 2.23. The summed E-state index contributed by atoms with van der Waals surface area (Å²) in [5, 5.41) is 0. The van der Waals surface area contributed by atoms with Crippen LogP contribution in [-0.2, 0) is 0 Å². The van der Waals surface area contributed by atoms with Crippen molar-refractivity contribution in [2.45, 2.75) is 32.8 Å². The lowest BCUT2D eigenvalue weighted by molar-refractivity contribution is 0.101. The highest BCUT2D eigenvalue weighted by Gasteiger charge is 2.18. The van der Waals surface area contributed by atoms with Crippen LogP contribution in [0.2, 0.25) is 0 Å². The normalized spacial score (nSPS) is 11.4. The second-order valence-electron chi connectivity index (χ2n) is 4.17. The molecular formula is C12H19NO. The van der Waals surface area contributed by atoms with E-state index in [-0.39, 0.29) is 5.60 Å². The number of benzene rings is 1.